The van der Waals surface area contributed by atoms with Gasteiger partial charge in [-0.25, -0.2) is 9.50 Å². The van der Waals surface area contributed by atoms with Crippen LogP contribution in [0.4, 0.5) is 0 Å². The number of fused-ring (bicyclic) bond motifs is 1. The second kappa shape index (κ2) is 5.92. The summed E-state index contributed by atoms with van der Waals surface area (Å²) >= 11 is 0. The average Bonchev–Trinajstić information content (AvgIpc) is 2.79. The van der Waals surface area contributed by atoms with E-state index in [-0.39, 0.29) is 12.4 Å². The Hall–Kier alpha value is -2.42. The highest BCUT2D eigenvalue weighted by molar-refractivity contribution is 5.70. The van der Waals surface area contributed by atoms with Gasteiger partial charge in [0.05, 0.1) is 5.69 Å². The fourth-order valence-electron chi connectivity index (χ4n) is 2.31. The predicted molar refractivity (Wildman–Crippen MR) is 76.7 cm³/mol. The molecule has 2 aromatic rings. The molecule has 2 rings (SSSR count). The number of aromatic nitrogens is 3. The van der Waals surface area contributed by atoms with Crippen molar-refractivity contribution in [3.05, 3.63) is 28.7 Å². The van der Waals surface area contributed by atoms with Crippen molar-refractivity contribution >= 4 is 11.6 Å². The maximum absolute atomic E-state index is 11.7. The fraction of sp³-hybridized carbons (Fsp3) is 0.467. The smallest absolute Gasteiger partial charge is 0.307 e. The zero-order valence-electron chi connectivity index (χ0n) is 12.7. The fourth-order valence-corrected chi connectivity index (χ4v) is 2.31. The average molecular weight is 286 g/mol. The second-order valence-corrected chi connectivity index (χ2v) is 5.08. The van der Waals surface area contributed by atoms with Crippen LogP contribution in [0.5, 0.6) is 0 Å². The van der Waals surface area contributed by atoms with Crippen molar-refractivity contribution in [3.63, 3.8) is 0 Å². The molecule has 0 N–H and O–H groups in total. The van der Waals surface area contributed by atoms with Crippen LogP contribution in [0.3, 0.4) is 0 Å². The Balaban J connectivity index is 2.19. The lowest BCUT2D eigenvalue weighted by atomic mass is 10.1. The molecule has 2 aromatic heterocycles. The molecule has 2 heterocycles. The van der Waals surface area contributed by atoms with E-state index in [0.29, 0.717) is 6.42 Å². The van der Waals surface area contributed by atoms with E-state index in [1.165, 1.54) is 0 Å². The number of aryl methyl sites for hydroxylation is 3. The van der Waals surface area contributed by atoms with Gasteiger partial charge in [0.2, 0.25) is 0 Å². The number of nitrogens with zero attached hydrogens (tertiary/aromatic N) is 4. The van der Waals surface area contributed by atoms with Crippen LogP contribution in [-0.4, -0.2) is 26.7 Å². The third-order valence-corrected chi connectivity index (χ3v) is 3.36. The summed E-state index contributed by atoms with van der Waals surface area (Å²) in [6.45, 7) is 7.36. The van der Waals surface area contributed by atoms with E-state index in [1.54, 1.807) is 11.4 Å². The normalized spacial score (nSPS) is 12.1. The number of ether oxygens (including phenoxy) is 1. The summed E-state index contributed by atoms with van der Waals surface area (Å²) in [6.07, 6.45) is 0.0338. The highest BCUT2D eigenvalue weighted by atomic mass is 16.5. The second-order valence-electron chi connectivity index (χ2n) is 5.08. The lowest BCUT2D eigenvalue weighted by Gasteiger charge is -2.11. The maximum atomic E-state index is 11.7. The van der Waals surface area contributed by atoms with Crippen molar-refractivity contribution in [2.24, 2.45) is 0 Å². The third kappa shape index (κ3) is 3.19. The Bertz CT molecular complexity index is 727. The molecular formula is C15H18N4O2. The van der Waals surface area contributed by atoms with Crippen molar-refractivity contribution < 1.29 is 9.53 Å². The number of rotatable bonds is 4. The van der Waals surface area contributed by atoms with Crippen molar-refractivity contribution in [1.29, 1.82) is 5.26 Å². The first-order chi connectivity index (χ1) is 9.92. The molecular weight excluding hydrogens is 268 g/mol. The van der Waals surface area contributed by atoms with E-state index >= 15 is 0 Å². The van der Waals surface area contributed by atoms with E-state index in [4.69, 9.17) is 10.00 Å². The lowest BCUT2D eigenvalue weighted by molar-refractivity contribution is -0.145. The van der Waals surface area contributed by atoms with Crippen molar-refractivity contribution in [1.82, 2.24) is 14.6 Å². The van der Waals surface area contributed by atoms with Crippen LogP contribution < -0.4 is 0 Å². The molecule has 0 bridgehead atoms. The number of nitriles is 1. The van der Waals surface area contributed by atoms with Crippen LogP contribution in [-0.2, 0) is 16.0 Å². The molecule has 0 amide bonds. The van der Waals surface area contributed by atoms with Gasteiger partial charge >= 0.3 is 5.97 Å². The standard InChI is InChI=1S/C15H18N4O2/c1-9-7-14-17-11(3)13(12(4)19(14)18-9)5-6-15(20)21-10(2)8-16/h7,10H,5-6H2,1-4H3/t10-/m0/s1. The minimum atomic E-state index is -0.714. The van der Waals surface area contributed by atoms with E-state index in [2.05, 4.69) is 10.1 Å². The molecule has 0 aliphatic rings. The van der Waals surface area contributed by atoms with Crippen molar-refractivity contribution in [3.8, 4) is 6.07 Å². The number of carbonyl (C=O) groups is 1. The summed E-state index contributed by atoms with van der Waals surface area (Å²) in [7, 11) is 0. The first-order valence-corrected chi connectivity index (χ1v) is 6.84. The largest absolute Gasteiger partial charge is 0.447 e. The maximum Gasteiger partial charge on any atom is 0.307 e. The van der Waals surface area contributed by atoms with Gasteiger partial charge in [-0.3, -0.25) is 4.79 Å². The minimum Gasteiger partial charge on any atom is -0.447 e. The van der Waals surface area contributed by atoms with Crippen LogP contribution in [0.1, 0.15) is 36.0 Å². The van der Waals surface area contributed by atoms with Gasteiger partial charge in [-0.1, -0.05) is 0 Å². The monoisotopic (exact) mass is 286 g/mol. The Morgan fingerprint density at radius 3 is 2.86 bits per heavy atom. The SMILES string of the molecule is Cc1cc2nc(C)c(CCC(=O)O[C@@H](C)C#N)c(C)n2n1. The van der Waals surface area contributed by atoms with Crippen LogP contribution in [0.15, 0.2) is 6.07 Å². The lowest BCUT2D eigenvalue weighted by Crippen LogP contribution is -2.14. The van der Waals surface area contributed by atoms with Crippen molar-refractivity contribution in [2.75, 3.05) is 0 Å². The molecule has 0 aliphatic heterocycles. The van der Waals surface area contributed by atoms with Gasteiger partial charge in [0.25, 0.3) is 0 Å². The molecule has 0 radical (unpaired) electrons. The number of carbonyl (C=O) groups excluding carboxylic acids is 1. The summed E-state index contributed by atoms with van der Waals surface area (Å²) in [5.41, 5.74) is 4.58. The highest BCUT2D eigenvalue weighted by Crippen LogP contribution is 2.17. The molecule has 21 heavy (non-hydrogen) atoms. The van der Waals surface area contributed by atoms with Crippen LogP contribution in [0, 0.1) is 32.1 Å². The van der Waals surface area contributed by atoms with Gasteiger partial charge in [0.15, 0.2) is 11.8 Å². The summed E-state index contributed by atoms with van der Waals surface area (Å²) in [6, 6.07) is 3.80. The minimum absolute atomic E-state index is 0.223. The Morgan fingerprint density at radius 1 is 1.48 bits per heavy atom. The first-order valence-electron chi connectivity index (χ1n) is 6.84. The van der Waals surface area contributed by atoms with E-state index in [9.17, 15) is 4.79 Å². The van der Waals surface area contributed by atoms with Crippen LogP contribution >= 0.6 is 0 Å². The predicted octanol–water partition coefficient (Wildman–Crippen LogP) is 2.04. The topological polar surface area (TPSA) is 80.3 Å². The zero-order valence-corrected chi connectivity index (χ0v) is 12.7. The molecule has 110 valence electrons. The Kier molecular flexibility index (Phi) is 4.22. The number of hydrogen-bond donors (Lipinski definition) is 0. The number of esters is 1. The van der Waals surface area contributed by atoms with Gasteiger partial charge in [0, 0.05) is 23.9 Å². The number of hydrogen-bond acceptors (Lipinski definition) is 5. The van der Waals surface area contributed by atoms with Gasteiger partial charge in [0.1, 0.15) is 6.07 Å². The summed E-state index contributed by atoms with van der Waals surface area (Å²) in [5, 5.41) is 13.0. The zero-order chi connectivity index (χ0) is 15.6. The molecule has 0 aromatic carbocycles. The van der Waals surface area contributed by atoms with Crippen LogP contribution in [0.2, 0.25) is 0 Å². The van der Waals surface area contributed by atoms with Crippen LogP contribution in [0.25, 0.3) is 5.65 Å². The molecule has 1 atom stereocenters. The van der Waals surface area contributed by atoms with E-state index in [1.807, 2.05) is 32.9 Å². The molecule has 0 fully saturated rings. The molecule has 0 saturated heterocycles. The summed E-state index contributed by atoms with van der Waals surface area (Å²) in [4.78, 5) is 16.2. The van der Waals surface area contributed by atoms with E-state index < -0.39 is 6.10 Å². The molecule has 0 aliphatic carbocycles. The van der Waals surface area contributed by atoms with Gasteiger partial charge in [-0.05, 0) is 39.7 Å². The molecule has 0 saturated carbocycles. The van der Waals surface area contributed by atoms with Crippen molar-refractivity contribution in [2.45, 2.75) is 46.6 Å². The summed E-state index contributed by atoms with van der Waals surface area (Å²) < 4.78 is 6.74. The molecule has 6 nitrogen and oxygen atoms in total. The summed E-state index contributed by atoms with van der Waals surface area (Å²) in [5.74, 6) is -0.375. The Labute approximate surface area is 123 Å². The highest BCUT2D eigenvalue weighted by Gasteiger charge is 2.14. The van der Waals surface area contributed by atoms with E-state index in [0.717, 1.165) is 28.3 Å². The quantitative estimate of drug-likeness (QED) is 0.803. The third-order valence-electron chi connectivity index (χ3n) is 3.36. The molecule has 0 spiro atoms. The molecule has 6 heteroatoms. The molecule has 0 unspecified atom stereocenters. The first kappa shape index (κ1) is 15.0. The van der Waals surface area contributed by atoms with Gasteiger partial charge in [-0.15, -0.1) is 0 Å². The van der Waals surface area contributed by atoms with Gasteiger partial charge < -0.3 is 4.74 Å². The van der Waals surface area contributed by atoms with Gasteiger partial charge in [-0.2, -0.15) is 10.4 Å². The Morgan fingerprint density at radius 2 is 2.19 bits per heavy atom.